The molecule has 0 radical (unpaired) electrons. The molecule has 0 fully saturated rings. The molecule has 33 heavy (non-hydrogen) atoms. The van der Waals surface area contributed by atoms with Crippen LogP contribution < -0.4 is 5.32 Å². The number of amides is 1. The number of pyridine rings is 3. The number of nitrogens with zero attached hydrogens (tertiary/aromatic N) is 3. The topological polar surface area (TPSA) is 122 Å². The average Bonchev–Trinajstić information content (AvgIpc) is 2.82. The van der Waals surface area contributed by atoms with Crippen LogP contribution in [0, 0.1) is 5.95 Å². The van der Waals surface area contributed by atoms with Crippen LogP contribution >= 0.6 is 0 Å². The van der Waals surface area contributed by atoms with Crippen LogP contribution in [0.4, 0.5) is 4.39 Å². The van der Waals surface area contributed by atoms with Gasteiger partial charge in [0.05, 0.1) is 46.4 Å². The third-order valence-corrected chi connectivity index (χ3v) is 6.55. The molecule has 0 aliphatic heterocycles. The Morgan fingerprint density at radius 2 is 1.79 bits per heavy atom. The first-order valence-corrected chi connectivity index (χ1v) is 11.6. The van der Waals surface area contributed by atoms with Gasteiger partial charge in [-0.1, -0.05) is 12.1 Å². The van der Waals surface area contributed by atoms with Crippen molar-refractivity contribution in [3.05, 3.63) is 84.1 Å². The first kappa shape index (κ1) is 22.4. The van der Waals surface area contributed by atoms with Gasteiger partial charge in [-0.3, -0.25) is 9.78 Å². The Morgan fingerprint density at radius 1 is 1.00 bits per heavy atom. The Morgan fingerprint density at radius 3 is 2.58 bits per heavy atom. The largest absolute Gasteiger partial charge is 0.395 e. The maximum absolute atomic E-state index is 13.4. The molecule has 8 nitrogen and oxygen atoms in total. The van der Waals surface area contributed by atoms with Crippen molar-refractivity contribution >= 4 is 26.6 Å². The molecule has 1 amide bonds. The number of hydrogen-bond acceptors (Lipinski definition) is 7. The summed E-state index contributed by atoms with van der Waals surface area (Å²) in [5.41, 5.74) is 2.22. The lowest BCUT2D eigenvalue weighted by Gasteiger charge is -2.08. The first-order chi connectivity index (χ1) is 15.9. The predicted octanol–water partition coefficient (Wildman–Crippen LogP) is 2.53. The molecular weight excluding hydrogens is 447 g/mol. The molecule has 0 atom stereocenters. The van der Waals surface area contributed by atoms with Gasteiger partial charge in [-0.25, -0.2) is 18.4 Å². The van der Waals surface area contributed by atoms with E-state index in [2.05, 4.69) is 20.3 Å². The molecule has 4 aromatic rings. The molecule has 0 spiro atoms. The summed E-state index contributed by atoms with van der Waals surface area (Å²) >= 11 is 0. The highest BCUT2D eigenvalue weighted by atomic mass is 32.2. The van der Waals surface area contributed by atoms with Gasteiger partial charge >= 0.3 is 0 Å². The van der Waals surface area contributed by atoms with Gasteiger partial charge in [-0.15, -0.1) is 0 Å². The molecule has 3 heterocycles. The number of hydrogen-bond donors (Lipinski definition) is 2. The lowest BCUT2D eigenvalue weighted by molar-refractivity contribution is 0.0950. The summed E-state index contributed by atoms with van der Waals surface area (Å²) < 4.78 is 37.7. The molecular formula is C23H19FN4O4S. The molecule has 168 valence electrons. The van der Waals surface area contributed by atoms with E-state index in [0.717, 1.165) is 5.39 Å². The molecule has 10 heteroatoms. The second kappa shape index (κ2) is 9.39. The van der Waals surface area contributed by atoms with Crippen molar-refractivity contribution in [1.82, 2.24) is 20.3 Å². The number of nitrogens with one attached hydrogen (secondary N) is 1. The van der Waals surface area contributed by atoms with Crippen molar-refractivity contribution in [2.24, 2.45) is 0 Å². The smallest absolute Gasteiger partial charge is 0.251 e. The van der Waals surface area contributed by atoms with Crippen LogP contribution in [0.3, 0.4) is 0 Å². The number of benzene rings is 1. The number of halogens is 1. The number of fused-ring (bicyclic) bond motifs is 1. The van der Waals surface area contributed by atoms with Gasteiger partial charge in [0.2, 0.25) is 5.95 Å². The second-order valence-electron chi connectivity index (χ2n) is 7.16. The number of sulfone groups is 1. The summed E-state index contributed by atoms with van der Waals surface area (Å²) in [5.74, 6) is -1.48. The monoisotopic (exact) mass is 466 g/mol. The molecule has 0 unspecified atom stereocenters. The van der Waals surface area contributed by atoms with Gasteiger partial charge < -0.3 is 10.4 Å². The highest BCUT2D eigenvalue weighted by Gasteiger charge is 2.16. The Labute approximate surface area is 189 Å². The van der Waals surface area contributed by atoms with Crippen molar-refractivity contribution in [3.8, 4) is 11.4 Å². The zero-order valence-electron chi connectivity index (χ0n) is 17.3. The molecule has 4 rings (SSSR count). The number of rotatable bonds is 7. The Hall–Kier alpha value is -3.76. The van der Waals surface area contributed by atoms with Gasteiger partial charge in [-0.2, -0.15) is 4.39 Å². The van der Waals surface area contributed by atoms with E-state index in [1.165, 1.54) is 30.3 Å². The molecule has 0 saturated carbocycles. The quantitative estimate of drug-likeness (QED) is 0.401. The highest BCUT2D eigenvalue weighted by molar-refractivity contribution is 7.91. The summed E-state index contributed by atoms with van der Waals surface area (Å²) in [7, 11) is -3.67. The molecule has 1 aromatic carbocycles. The third kappa shape index (κ3) is 5.18. The summed E-state index contributed by atoms with van der Waals surface area (Å²) in [6, 6.07) is 15.3. The number of aliphatic hydroxyl groups is 1. The highest BCUT2D eigenvalue weighted by Crippen LogP contribution is 2.20. The van der Waals surface area contributed by atoms with Gasteiger partial charge in [0.1, 0.15) is 0 Å². The van der Waals surface area contributed by atoms with Gasteiger partial charge in [-0.05, 0) is 48.5 Å². The molecule has 2 N–H and O–H groups in total. The van der Waals surface area contributed by atoms with Crippen LogP contribution in [-0.4, -0.2) is 46.7 Å². The molecule has 0 aliphatic rings. The Kier molecular flexibility index (Phi) is 6.38. The SMILES string of the molecule is O=C(NCc1cc2nc(-c3cccc(F)n3)ccc2cn1)c1cccc(S(=O)(=O)CCO)c1. The normalized spacial score (nSPS) is 11.5. The molecule has 0 bridgehead atoms. The van der Waals surface area contributed by atoms with E-state index in [9.17, 15) is 17.6 Å². The summed E-state index contributed by atoms with van der Waals surface area (Å²) in [5, 5.41) is 12.4. The maximum Gasteiger partial charge on any atom is 0.251 e. The van der Waals surface area contributed by atoms with Crippen LogP contribution in [0.5, 0.6) is 0 Å². The Bertz CT molecular complexity index is 1440. The van der Waals surface area contributed by atoms with Crippen LogP contribution in [0.15, 0.2) is 71.8 Å². The maximum atomic E-state index is 13.4. The fraction of sp³-hybridized carbons (Fsp3) is 0.130. The van der Waals surface area contributed by atoms with E-state index in [1.54, 1.807) is 36.5 Å². The minimum Gasteiger partial charge on any atom is -0.395 e. The van der Waals surface area contributed by atoms with Crippen molar-refractivity contribution in [2.45, 2.75) is 11.4 Å². The fourth-order valence-corrected chi connectivity index (χ4v) is 4.26. The zero-order valence-corrected chi connectivity index (χ0v) is 18.1. The zero-order chi connectivity index (χ0) is 23.4. The van der Waals surface area contributed by atoms with Crippen LogP contribution in [-0.2, 0) is 16.4 Å². The van der Waals surface area contributed by atoms with E-state index >= 15 is 0 Å². The van der Waals surface area contributed by atoms with Gasteiger partial charge in [0, 0.05) is 17.1 Å². The lowest BCUT2D eigenvalue weighted by Crippen LogP contribution is -2.23. The number of aliphatic hydroxyl groups excluding tert-OH is 1. The third-order valence-electron chi connectivity index (χ3n) is 4.85. The minimum atomic E-state index is -3.67. The van der Waals surface area contributed by atoms with E-state index in [0.29, 0.717) is 22.6 Å². The van der Waals surface area contributed by atoms with E-state index in [4.69, 9.17) is 5.11 Å². The van der Waals surface area contributed by atoms with Gasteiger partial charge in [0.25, 0.3) is 5.91 Å². The lowest BCUT2D eigenvalue weighted by atomic mass is 10.2. The summed E-state index contributed by atoms with van der Waals surface area (Å²) in [6.45, 7) is -0.413. The fourth-order valence-electron chi connectivity index (χ4n) is 3.19. The van der Waals surface area contributed by atoms with E-state index in [-0.39, 0.29) is 17.0 Å². The van der Waals surface area contributed by atoms with Crippen LogP contribution in [0.1, 0.15) is 16.1 Å². The standard InChI is InChI=1S/C23H19FN4O4S/c24-22-6-2-5-19(28-22)20-8-7-16-13-25-17(12-21(16)27-20)14-26-23(30)15-3-1-4-18(11-15)33(31,32)10-9-29/h1-8,11-13,29H,9-10,14H2,(H,26,30). The van der Waals surface area contributed by atoms with E-state index < -0.39 is 34.1 Å². The van der Waals surface area contributed by atoms with Crippen LogP contribution in [0.25, 0.3) is 22.3 Å². The molecule has 3 aromatic heterocycles. The van der Waals surface area contributed by atoms with Crippen molar-refractivity contribution in [1.29, 1.82) is 0 Å². The Balaban J connectivity index is 1.52. The van der Waals surface area contributed by atoms with Crippen molar-refractivity contribution in [3.63, 3.8) is 0 Å². The van der Waals surface area contributed by atoms with Crippen molar-refractivity contribution < 1.29 is 22.7 Å². The van der Waals surface area contributed by atoms with E-state index in [1.807, 2.05) is 0 Å². The average molecular weight is 466 g/mol. The summed E-state index contributed by atoms with van der Waals surface area (Å²) in [4.78, 5) is 25.2. The predicted molar refractivity (Wildman–Crippen MR) is 119 cm³/mol. The van der Waals surface area contributed by atoms with Crippen LogP contribution in [0.2, 0.25) is 0 Å². The number of carbonyl (C=O) groups excluding carboxylic acids is 1. The second-order valence-corrected chi connectivity index (χ2v) is 9.27. The molecule has 0 saturated heterocycles. The summed E-state index contributed by atoms with van der Waals surface area (Å²) in [6.07, 6.45) is 1.62. The number of carbonyl (C=O) groups is 1. The molecule has 0 aliphatic carbocycles. The van der Waals surface area contributed by atoms with Gasteiger partial charge in [0.15, 0.2) is 9.84 Å². The first-order valence-electron chi connectivity index (χ1n) is 9.96. The van der Waals surface area contributed by atoms with Crippen molar-refractivity contribution in [2.75, 3.05) is 12.4 Å². The minimum absolute atomic E-state index is 0.0317. The number of aromatic nitrogens is 3.